The summed E-state index contributed by atoms with van der Waals surface area (Å²) in [6.45, 7) is 2.77. The zero-order valence-electron chi connectivity index (χ0n) is 17.1. The van der Waals surface area contributed by atoms with Crippen molar-refractivity contribution < 1.29 is 27.9 Å². The van der Waals surface area contributed by atoms with Crippen LogP contribution in [0.15, 0.2) is 84.9 Å². The highest BCUT2D eigenvalue weighted by Crippen LogP contribution is 2.28. The van der Waals surface area contributed by atoms with Crippen LogP contribution in [0.1, 0.15) is 36.7 Å². The zero-order chi connectivity index (χ0) is 20.2. The Balaban J connectivity index is 0.00000256. The summed E-state index contributed by atoms with van der Waals surface area (Å²) in [6, 6.07) is 28.6. The quantitative estimate of drug-likeness (QED) is 0.391. The molecule has 4 aromatic carbocycles. The van der Waals surface area contributed by atoms with Gasteiger partial charge in [0.1, 0.15) is 12.1 Å². The van der Waals surface area contributed by atoms with Gasteiger partial charge < -0.3 is 27.9 Å². The summed E-state index contributed by atoms with van der Waals surface area (Å²) in [5, 5.41) is 28.1. The fraction of sp³-hybridized carbons (Fsp3) is 0.231. The molecule has 4 rings (SSSR count). The minimum absolute atomic E-state index is 0. The van der Waals surface area contributed by atoms with Crippen molar-refractivity contribution in [3.63, 3.8) is 0 Å². The van der Waals surface area contributed by atoms with E-state index < -0.39 is 12.2 Å². The smallest absolute Gasteiger partial charge is 0.130 e. The molecule has 0 heterocycles. The summed E-state index contributed by atoms with van der Waals surface area (Å²) in [6.07, 6.45) is -0.390. The molecule has 0 amide bonds. The maximum Gasteiger partial charge on any atom is 0.130 e. The van der Waals surface area contributed by atoms with Crippen molar-refractivity contribution in [2.45, 2.75) is 31.6 Å². The fourth-order valence-electron chi connectivity index (χ4n) is 3.99. The Morgan fingerprint density at radius 3 is 2.13 bits per heavy atom. The van der Waals surface area contributed by atoms with Gasteiger partial charge in [0.2, 0.25) is 0 Å². The number of fused-ring (bicyclic) bond motifs is 3. The Labute approximate surface area is 183 Å². The highest BCUT2D eigenvalue weighted by molar-refractivity contribution is 6.07. The van der Waals surface area contributed by atoms with Crippen molar-refractivity contribution >= 4 is 21.5 Å². The predicted molar refractivity (Wildman–Crippen MR) is 119 cm³/mol. The molecule has 4 N–H and O–H groups in total. The van der Waals surface area contributed by atoms with E-state index in [-0.39, 0.29) is 18.4 Å². The highest BCUT2D eigenvalue weighted by atomic mass is 35.5. The van der Waals surface area contributed by atoms with Gasteiger partial charge in [0, 0.05) is 6.42 Å². The van der Waals surface area contributed by atoms with Crippen molar-refractivity contribution in [1.82, 2.24) is 0 Å². The SMILES string of the molecule is CC([NH2+]CCC(O)c1ccc2ccc3ccccc3c2c1)C(O)c1ccccc1.[Cl-]. The maximum atomic E-state index is 10.7. The molecule has 3 atom stereocenters. The first-order valence-electron chi connectivity index (χ1n) is 10.3. The van der Waals surface area contributed by atoms with Crippen LogP contribution in [0.4, 0.5) is 0 Å². The number of hydrogen-bond donors (Lipinski definition) is 3. The molecule has 0 bridgehead atoms. The third kappa shape index (κ3) is 4.82. The van der Waals surface area contributed by atoms with Crippen molar-refractivity contribution in [3.05, 3.63) is 96.1 Å². The van der Waals surface area contributed by atoms with Crippen LogP contribution < -0.4 is 17.7 Å². The molecule has 0 radical (unpaired) electrons. The zero-order valence-corrected chi connectivity index (χ0v) is 17.8. The van der Waals surface area contributed by atoms with E-state index in [1.165, 1.54) is 21.5 Å². The molecule has 0 aliphatic carbocycles. The van der Waals surface area contributed by atoms with Gasteiger partial charge >= 0.3 is 0 Å². The number of halogens is 1. The minimum Gasteiger partial charge on any atom is -1.00 e. The summed E-state index contributed by atoms with van der Waals surface area (Å²) in [4.78, 5) is 0. The number of nitrogens with two attached hydrogens (primary N) is 1. The molecule has 0 aromatic heterocycles. The summed E-state index contributed by atoms with van der Waals surface area (Å²) >= 11 is 0. The highest BCUT2D eigenvalue weighted by Gasteiger charge is 2.19. The van der Waals surface area contributed by atoms with Crippen molar-refractivity contribution in [3.8, 4) is 0 Å². The molecule has 4 heteroatoms. The number of aliphatic hydroxyl groups is 2. The van der Waals surface area contributed by atoms with Crippen LogP contribution in [-0.4, -0.2) is 22.8 Å². The first kappa shape index (κ1) is 22.3. The Bertz CT molecular complexity index is 1100. The van der Waals surface area contributed by atoms with Crippen LogP contribution in [0.25, 0.3) is 21.5 Å². The normalized spacial score (nSPS) is 14.2. The van der Waals surface area contributed by atoms with Gasteiger partial charge in [-0.1, -0.05) is 78.9 Å². The van der Waals surface area contributed by atoms with E-state index in [4.69, 9.17) is 0 Å². The lowest BCUT2D eigenvalue weighted by molar-refractivity contribution is -0.695. The van der Waals surface area contributed by atoms with Crippen molar-refractivity contribution in [1.29, 1.82) is 0 Å². The van der Waals surface area contributed by atoms with Gasteiger partial charge in [-0.2, -0.15) is 0 Å². The summed E-state index contributed by atoms with van der Waals surface area (Å²) in [7, 11) is 0. The number of hydrogen-bond acceptors (Lipinski definition) is 2. The lowest BCUT2D eigenvalue weighted by Crippen LogP contribution is -3.00. The standard InChI is InChI=1S/C26H27NO2.ClH/c1-18(26(29)21-8-3-2-4-9-21)27-16-15-25(28)22-14-13-20-12-11-19-7-5-6-10-23(19)24(20)17-22;/h2-14,17-18,25-29H,15-16H2,1H3;1H. The lowest BCUT2D eigenvalue weighted by Gasteiger charge is -2.19. The Hall–Kier alpha value is -2.43. The maximum absolute atomic E-state index is 10.7. The topological polar surface area (TPSA) is 57.1 Å². The lowest BCUT2D eigenvalue weighted by atomic mass is 9.97. The summed E-state index contributed by atoms with van der Waals surface area (Å²) < 4.78 is 0. The minimum atomic E-state index is -0.518. The van der Waals surface area contributed by atoms with E-state index in [0.29, 0.717) is 6.42 Å². The van der Waals surface area contributed by atoms with Crippen LogP contribution in [0.2, 0.25) is 0 Å². The van der Waals surface area contributed by atoms with E-state index in [0.717, 1.165) is 17.7 Å². The largest absolute Gasteiger partial charge is 1.00 e. The van der Waals surface area contributed by atoms with Crippen molar-refractivity contribution in [2.75, 3.05) is 6.54 Å². The van der Waals surface area contributed by atoms with E-state index >= 15 is 0 Å². The second-order valence-corrected chi connectivity index (χ2v) is 7.81. The van der Waals surface area contributed by atoms with Crippen molar-refractivity contribution in [2.24, 2.45) is 0 Å². The third-order valence-corrected chi connectivity index (χ3v) is 5.77. The molecule has 0 fully saturated rings. The first-order valence-corrected chi connectivity index (χ1v) is 10.3. The second kappa shape index (κ2) is 10.1. The van der Waals surface area contributed by atoms with Gasteiger partial charge in [-0.25, -0.2) is 0 Å². The van der Waals surface area contributed by atoms with E-state index in [1.54, 1.807) is 0 Å². The average molecular weight is 422 g/mol. The molecule has 30 heavy (non-hydrogen) atoms. The molecule has 0 spiro atoms. The molecule has 0 saturated carbocycles. The second-order valence-electron chi connectivity index (χ2n) is 7.81. The summed E-state index contributed by atoms with van der Waals surface area (Å²) in [5.74, 6) is 0. The van der Waals surface area contributed by atoms with Gasteiger partial charge in [0.15, 0.2) is 0 Å². The van der Waals surface area contributed by atoms with Crippen LogP contribution in [0.5, 0.6) is 0 Å². The average Bonchev–Trinajstić information content (AvgIpc) is 2.78. The number of aliphatic hydroxyl groups excluding tert-OH is 2. The van der Waals surface area contributed by atoms with Gasteiger partial charge in [-0.15, -0.1) is 0 Å². The van der Waals surface area contributed by atoms with Gasteiger partial charge in [-0.3, -0.25) is 0 Å². The van der Waals surface area contributed by atoms with Crippen LogP contribution in [-0.2, 0) is 0 Å². The Morgan fingerprint density at radius 1 is 0.733 bits per heavy atom. The Kier molecular flexibility index (Phi) is 7.46. The van der Waals surface area contributed by atoms with E-state index in [9.17, 15) is 10.2 Å². The molecule has 0 saturated heterocycles. The fourth-order valence-corrected chi connectivity index (χ4v) is 3.99. The molecular formula is C26H28ClNO2. The third-order valence-electron chi connectivity index (χ3n) is 5.77. The van der Waals surface area contributed by atoms with E-state index in [1.807, 2.05) is 49.4 Å². The predicted octanol–water partition coefficient (Wildman–Crippen LogP) is 1.11. The number of quaternary nitrogens is 1. The molecule has 4 aromatic rings. The van der Waals surface area contributed by atoms with Crippen LogP contribution in [0.3, 0.4) is 0 Å². The monoisotopic (exact) mass is 421 g/mol. The van der Waals surface area contributed by atoms with Crippen LogP contribution >= 0.6 is 0 Å². The molecule has 156 valence electrons. The number of benzene rings is 4. The van der Waals surface area contributed by atoms with Gasteiger partial charge in [0.25, 0.3) is 0 Å². The molecule has 0 aliphatic rings. The van der Waals surface area contributed by atoms with E-state index in [2.05, 4.69) is 47.8 Å². The number of rotatable bonds is 7. The molecule has 3 nitrogen and oxygen atoms in total. The Morgan fingerprint density at radius 2 is 1.37 bits per heavy atom. The molecule has 3 unspecified atom stereocenters. The summed E-state index contributed by atoms with van der Waals surface area (Å²) in [5.41, 5.74) is 1.87. The van der Waals surface area contributed by atoms with Crippen LogP contribution in [0, 0.1) is 0 Å². The van der Waals surface area contributed by atoms with Gasteiger partial charge in [0.05, 0.1) is 12.6 Å². The molecule has 0 aliphatic heterocycles. The molecular weight excluding hydrogens is 394 g/mol. The van der Waals surface area contributed by atoms with Gasteiger partial charge in [-0.05, 0) is 45.7 Å². The first-order chi connectivity index (χ1) is 14.1.